The Morgan fingerprint density at radius 2 is 1.90 bits per heavy atom. The van der Waals surface area contributed by atoms with E-state index in [4.69, 9.17) is 11.6 Å². The van der Waals surface area contributed by atoms with Gasteiger partial charge in [-0.2, -0.15) is 0 Å². The summed E-state index contributed by atoms with van der Waals surface area (Å²) >= 11 is 6.16. The van der Waals surface area contributed by atoms with Gasteiger partial charge < -0.3 is 9.80 Å². The standard InChI is InChI=1S/C25H26ClFN2O2/c26-21-7-3-1-5-18(21)9-11-24(30)28-15-14-23-20(17-28)10-12-25(31)29(23)16-13-19-6-2-4-8-22(19)27/h1-9,11,20,23H,10,12-17H2/b11-9+/t20-,23+/m1/s1. The van der Waals surface area contributed by atoms with Crippen LogP contribution in [0.15, 0.2) is 54.6 Å². The SMILES string of the molecule is O=C(/C=C/c1ccccc1Cl)N1CC[C@H]2[C@H](CCC(=O)N2CCc2ccccc2F)C1. The van der Waals surface area contributed by atoms with Gasteiger partial charge in [0.15, 0.2) is 0 Å². The van der Waals surface area contributed by atoms with Crippen LogP contribution in [0.1, 0.15) is 30.4 Å². The highest BCUT2D eigenvalue weighted by molar-refractivity contribution is 6.32. The van der Waals surface area contributed by atoms with Gasteiger partial charge in [0.25, 0.3) is 0 Å². The second kappa shape index (κ2) is 9.65. The molecule has 4 nitrogen and oxygen atoms in total. The monoisotopic (exact) mass is 440 g/mol. The minimum absolute atomic E-state index is 0.0341. The summed E-state index contributed by atoms with van der Waals surface area (Å²) in [6.07, 6.45) is 5.85. The molecule has 2 atom stereocenters. The highest BCUT2D eigenvalue weighted by atomic mass is 35.5. The quantitative estimate of drug-likeness (QED) is 0.639. The molecule has 2 heterocycles. The molecule has 0 bridgehead atoms. The van der Waals surface area contributed by atoms with Crippen LogP contribution in [0.2, 0.25) is 5.02 Å². The molecule has 0 spiro atoms. The van der Waals surface area contributed by atoms with Crippen molar-refractivity contribution in [1.29, 1.82) is 0 Å². The Kier molecular flexibility index (Phi) is 6.71. The van der Waals surface area contributed by atoms with Gasteiger partial charge in [0.1, 0.15) is 5.82 Å². The highest BCUT2D eigenvalue weighted by Crippen LogP contribution is 2.32. The summed E-state index contributed by atoms with van der Waals surface area (Å²) in [4.78, 5) is 29.1. The van der Waals surface area contributed by atoms with E-state index in [1.807, 2.05) is 34.1 Å². The Balaban J connectivity index is 1.38. The number of carbonyl (C=O) groups is 2. The average molecular weight is 441 g/mol. The third-order valence-electron chi connectivity index (χ3n) is 6.35. The van der Waals surface area contributed by atoms with Crippen molar-refractivity contribution in [3.8, 4) is 0 Å². The molecule has 6 heteroatoms. The van der Waals surface area contributed by atoms with Gasteiger partial charge >= 0.3 is 0 Å². The van der Waals surface area contributed by atoms with Crippen LogP contribution in [-0.2, 0) is 16.0 Å². The molecule has 0 radical (unpaired) electrons. The van der Waals surface area contributed by atoms with E-state index in [0.717, 1.165) is 18.4 Å². The van der Waals surface area contributed by atoms with E-state index < -0.39 is 0 Å². The fourth-order valence-corrected chi connectivity index (χ4v) is 4.86. The van der Waals surface area contributed by atoms with Gasteiger partial charge in [-0.1, -0.05) is 48.0 Å². The molecule has 0 saturated carbocycles. The van der Waals surface area contributed by atoms with Gasteiger partial charge in [-0.3, -0.25) is 9.59 Å². The number of piperidine rings is 2. The van der Waals surface area contributed by atoms with Crippen LogP contribution < -0.4 is 0 Å². The van der Waals surface area contributed by atoms with Crippen molar-refractivity contribution < 1.29 is 14.0 Å². The third-order valence-corrected chi connectivity index (χ3v) is 6.69. The molecule has 2 aromatic carbocycles. The number of hydrogen-bond donors (Lipinski definition) is 0. The molecule has 4 rings (SSSR count). The summed E-state index contributed by atoms with van der Waals surface area (Å²) in [5, 5.41) is 0.613. The molecule has 0 aromatic heterocycles. The average Bonchev–Trinajstić information content (AvgIpc) is 2.78. The molecule has 162 valence electrons. The first-order valence-electron chi connectivity index (χ1n) is 10.8. The second-order valence-electron chi connectivity index (χ2n) is 8.22. The topological polar surface area (TPSA) is 40.6 Å². The van der Waals surface area contributed by atoms with Crippen molar-refractivity contribution >= 4 is 29.5 Å². The van der Waals surface area contributed by atoms with E-state index in [9.17, 15) is 14.0 Å². The number of nitrogens with zero attached hydrogens (tertiary/aromatic N) is 2. The first-order valence-corrected chi connectivity index (χ1v) is 11.1. The molecule has 2 saturated heterocycles. The zero-order valence-corrected chi connectivity index (χ0v) is 18.1. The zero-order chi connectivity index (χ0) is 21.8. The first-order chi connectivity index (χ1) is 15.0. The maximum Gasteiger partial charge on any atom is 0.246 e. The summed E-state index contributed by atoms with van der Waals surface area (Å²) in [5.74, 6) is 0.128. The van der Waals surface area contributed by atoms with E-state index in [1.165, 1.54) is 6.07 Å². The summed E-state index contributed by atoms with van der Waals surface area (Å²) in [7, 11) is 0. The largest absolute Gasteiger partial charge is 0.339 e. The Bertz CT molecular complexity index is 993. The molecular formula is C25H26ClFN2O2. The maximum atomic E-state index is 14.0. The number of benzene rings is 2. The zero-order valence-electron chi connectivity index (χ0n) is 17.3. The molecular weight excluding hydrogens is 415 g/mol. The molecule has 0 aliphatic carbocycles. The van der Waals surface area contributed by atoms with Crippen LogP contribution in [0.3, 0.4) is 0 Å². The van der Waals surface area contributed by atoms with Gasteiger partial charge in [0.2, 0.25) is 11.8 Å². The number of rotatable bonds is 5. The minimum Gasteiger partial charge on any atom is -0.339 e. The Morgan fingerprint density at radius 1 is 1.13 bits per heavy atom. The summed E-state index contributed by atoms with van der Waals surface area (Å²) in [5.41, 5.74) is 1.45. The number of halogens is 2. The predicted octanol–water partition coefficient (Wildman–Crippen LogP) is 4.57. The van der Waals surface area contributed by atoms with Crippen molar-refractivity contribution in [1.82, 2.24) is 9.80 Å². The Morgan fingerprint density at radius 3 is 2.71 bits per heavy atom. The first kappa shape index (κ1) is 21.6. The Labute approximate surface area is 187 Å². The van der Waals surface area contributed by atoms with Crippen LogP contribution in [0.5, 0.6) is 0 Å². The van der Waals surface area contributed by atoms with E-state index >= 15 is 0 Å². The third kappa shape index (κ3) is 4.99. The fourth-order valence-electron chi connectivity index (χ4n) is 4.66. The molecule has 2 aromatic rings. The highest BCUT2D eigenvalue weighted by Gasteiger charge is 2.39. The minimum atomic E-state index is -0.228. The van der Waals surface area contributed by atoms with Crippen molar-refractivity contribution in [2.75, 3.05) is 19.6 Å². The fraction of sp³-hybridized carbons (Fsp3) is 0.360. The van der Waals surface area contributed by atoms with Crippen molar-refractivity contribution in [2.24, 2.45) is 5.92 Å². The normalized spacial score (nSPS) is 21.4. The van der Waals surface area contributed by atoms with Gasteiger partial charge in [-0.25, -0.2) is 4.39 Å². The maximum absolute atomic E-state index is 14.0. The van der Waals surface area contributed by atoms with E-state index in [1.54, 1.807) is 30.4 Å². The molecule has 31 heavy (non-hydrogen) atoms. The van der Waals surface area contributed by atoms with Crippen LogP contribution in [0, 0.1) is 11.7 Å². The van der Waals surface area contributed by atoms with Crippen LogP contribution in [0.25, 0.3) is 6.08 Å². The molecule has 0 N–H and O–H groups in total. The lowest BCUT2D eigenvalue weighted by atomic mass is 9.83. The summed E-state index contributed by atoms with van der Waals surface area (Å²) in [6.45, 7) is 1.76. The van der Waals surface area contributed by atoms with Gasteiger partial charge in [0.05, 0.1) is 0 Å². The molecule has 2 aliphatic heterocycles. The number of hydrogen-bond acceptors (Lipinski definition) is 2. The van der Waals surface area contributed by atoms with Crippen molar-refractivity contribution in [3.63, 3.8) is 0 Å². The lowest BCUT2D eigenvalue weighted by Gasteiger charge is -2.47. The molecule has 2 amide bonds. The number of amides is 2. The van der Waals surface area contributed by atoms with Gasteiger partial charge in [0, 0.05) is 43.2 Å². The predicted molar refractivity (Wildman–Crippen MR) is 120 cm³/mol. The van der Waals surface area contributed by atoms with E-state index in [-0.39, 0.29) is 29.6 Å². The molecule has 2 fully saturated rings. The van der Waals surface area contributed by atoms with E-state index in [0.29, 0.717) is 43.1 Å². The number of fused-ring (bicyclic) bond motifs is 1. The summed E-state index contributed by atoms with van der Waals surface area (Å²) < 4.78 is 14.0. The number of carbonyl (C=O) groups excluding carboxylic acids is 2. The van der Waals surface area contributed by atoms with Gasteiger partial charge in [-0.15, -0.1) is 0 Å². The van der Waals surface area contributed by atoms with Crippen molar-refractivity contribution in [3.05, 3.63) is 76.6 Å². The lowest BCUT2D eigenvalue weighted by molar-refractivity contribution is -0.142. The van der Waals surface area contributed by atoms with Gasteiger partial charge in [-0.05, 0) is 54.5 Å². The van der Waals surface area contributed by atoms with Crippen molar-refractivity contribution in [2.45, 2.75) is 31.7 Å². The lowest BCUT2D eigenvalue weighted by Crippen LogP contribution is -2.57. The van der Waals surface area contributed by atoms with E-state index in [2.05, 4.69) is 0 Å². The summed E-state index contributed by atoms with van der Waals surface area (Å²) in [6, 6.07) is 14.2. The van der Waals surface area contributed by atoms with Crippen LogP contribution in [-0.4, -0.2) is 47.3 Å². The number of likely N-dealkylation sites (tertiary alicyclic amines) is 2. The van der Waals surface area contributed by atoms with Crippen LogP contribution in [0.4, 0.5) is 4.39 Å². The molecule has 2 aliphatic rings. The van der Waals surface area contributed by atoms with Crippen LogP contribution >= 0.6 is 11.6 Å². The Hall–Kier alpha value is -2.66. The molecule has 0 unspecified atom stereocenters. The second-order valence-corrected chi connectivity index (χ2v) is 8.63. The smallest absolute Gasteiger partial charge is 0.246 e.